The molecule has 4 heteroatoms. The maximum atomic E-state index is 6.25. The molecule has 106 valence electrons. The second-order valence-corrected chi connectivity index (χ2v) is 6.05. The highest BCUT2D eigenvalue weighted by Crippen LogP contribution is 2.30. The number of thioether (sulfide) groups is 1. The van der Waals surface area contributed by atoms with E-state index in [0.717, 1.165) is 11.3 Å². The Bertz CT molecular complexity index is 588. The minimum atomic E-state index is -0.0502. The van der Waals surface area contributed by atoms with Crippen LogP contribution in [0.2, 0.25) is 5.02 Å². The number of hydrogen-bond acceptors (Lipinski definition) is 3. The fraction of sp³-hybridized carbons (Fsp3) is 0.250. The van der Waals surface area contributed by atoms with Crippen LogP contribution in [0, 0.1) is 6.92 Å². The molecule has 0 heterocycles. The molecular weight excluding hydrogens is 290 g/mol. The molecule has 1 unspecified atom stereocenters. The molecule has 0 bridgehead atoms. The molecule has 1 atom stereocenters. The molecule has 0 aliphatic carbocycles. The third-order valence-corrected chi connectivity index (χ3v) is 4.72. The van der Waals surface area contributed by atoms with E-state index in [-0.39, 0.29) is 6.04 Å². The fourth-order valence-corrected chi connectivity index (χ4v) is 3.12. The number of benzene rings is 2. The molecule has 0 spiro atoms. The summed E-state index contributed by atoms with van der Waals surface area (Å²) in [6.45, 7) is 2.11. The Labute approximate surface area is 129 Å². The van der Waals surface area contributed by atoms with E-state index in [2.05, 4.69) is 19.1 Å². The van der Waals surface area contributed by atoms with E-state index in [0.29, 0.717) is 10.8 Å². The standard InChI is InChI=1S/C16H18ClNOS/c1-11-5-3-4-6-16(11)20-10-14(18)12-7-8-13(17)15(9-12)19-2/h3-9,14H,10,18H2,1-2H3. The Kier molecular flexibility index (Phi) is 5.35. The minimum Gasteiger partial charge on any atom is -0.495 e. The topological polar surface area (TPSA) is 35.2 Å². The van der Waals surface area contributed by atoms with Gasteiger partial charge in [-0.05, 0) is 36.2 Å². The summed E-state index contributed by atoms with van der Waals surface area (Å²) < 4.78 is 5.22. The Morgan fingerprint density at radius 2 is 2.00 bits per heavy atom. The van der Waals surface area contributed by atoms with Crippen molar-refractivity contribution in [1.29, 1.82) is 0 Å². The molecule has 0 aliphatic rings. The van der Waals surface area contributed by atoms with Crippen LogP contribution in [0.3, 0.4) is 0 Å². The van der Waals surface area contributed by atoms with Crippen molar-refractivity contribution in [1.82, 2.24) is 0 Å². The van der Waals surface area contributed by atoms with E-state index in [1.54, 1.807) is 18.9 Å². The lowest BCUT2D eigenvalue weighted by molar-refractivity contribution is 0.414. The summed E-state index contributed by atoms with van der Waals surface area (Å²) in [5.41, 5.74) is 8.56. The zero-order valence-electron chi connectivity index (χ0n) is 11.6. The highest BCUT2D eigenvalue weighted by Gasteiger charge is 2.10. The second-order valence-electron chi connectivity index (χ2n) is 4.58. The third kappa shape index (κ3) is 3.69. The smallest absolute Gasteiger partial charge is 0.137 e. The molecule has 0 radical (unpaired) electrons. The van der Waals surface area contributed by atoms with Gasteiger partial charge >= 0.3 is 0 Å². The van der Waals surface area contributed by atoms with Crippen molar-refractivity contribution in [2.45, 2.75) is 17.9 Å². The van der Waals surface area contributed by atoms with Gasteiger partial charge in [0.05, 0.1) is 12.1 Å². The van der Waals surface area contributed by atoms with Gasteiger partial charge in [-0.15, -0.1) is 11.8 Å². The molecule has 2 nitrogen and oxygen atoms in total. The Morgan fingerprint density at radius 1 is 1.25 bits per heavy atom. The van der Waals surface area contributed by atoms with Crippen LogP contribution >= 0.6 is 23.4 Å². The second kappa shape index (κ2) is 7.02. The van der Waals surface area contributed by atoms with Gasteiger partial charge in [0, 0.05) is 16.7 Å². The molecular formula is C16H18ClNOS. The van der Waals surface area contributed by atoms with Gasteiger partial charge in [0.2, 0.25) is 0 Å². The van der Waals surface area contributed by atoms with Crippen LogP contribution in [0.4, 0.5) is 0 Å². The van der Waals surface area contributed by atoms with Crippen molar-refractivity contribution in [2.24, 2.45) is 5.73 Å². The van der Waals surface area contributed by atoms with Gasteiger partial charge in [0.1, 0.15) is 5.75 Å². The number of methoxy groups -OCH3 is 1. The molecule has 2 aromatic carbocycles. The Balaban J connectivity index is 2.05. The van der Waals surface area contributed by atoms with Crippen LogP contribution in [0.15, 0.2) is 47.4 Å². The molecule has 2 N–H and O–H groups in total. The first kappa shape index (κ1) is 15.2. The first-order valence-electron chi connectivity index (χ1n) is 6.39. The number of halogens is 1. The summed E-state index contributed by atoms with van der Waals surface area (Å²) in [6.07, 6.45) is 0. The average Bonchev–Trinajstić information content (AvgIpc) is 2.46. The van der Waals surface area contributed by atoms with Crippen molar-refractivity contribution >= 4 is 23.4 Å². The van der Waals surface area contributed by atoms with Crippen LogP contribution in [0.1, 0.15) is 17.2 Å². The number of nitrogens with two attached hydrogens (primary N) is 1. The van der Waals surface area contributed by atoms with Crippen molar-refractivity contribution in [2.75, 3.05) is 12.9 Å². The minimum absolute atomic E-state index is 0.0502. The molecule has 2 aromatic rings. The molecule has 0 fully saturated rings. The SMILES string of the molecule is COc1cc(C(N)CSc2ccccc2C)ccc1Cl. The van der Waals surface area contributed by atoms with Crippen molar-refractivity contribution in [3.05, 3.63) is 58.6 Å². The third-order valence-electron chi connectivity index (χ3n) is 3.12. The van der Waals surface area contributed by atoms with Gasteiger partial charge in [-0.25, -0.2) is 0 Å². The number of rotatable bonds is 5. The van der Waals surface area contributed by atoms with Gasteiger partial charge in [-0.2, -0.15) is 0 Å². The Hall–Kier alpha value is -1.16. The van der Waals surface area contributed by atoms with E-state index in [4.69, 9.17) is 22.1 Å². The maximum absolute atomic E-state index is 6.25. The highest BCUT2D eigenvalue weighted by molar-refractivity contribution is 7.99. The predicted octanol–water partition coefficient (Wildman–Crippen LogP) is 4.45. The fourth-order valence-electron chi connectivity index (χ4n) is 1.90. The Morgan fingerprint density at radius 3 is 2.70 bits per heavy atom. The largest absolute Gasteiger partial charge is 0.495 e. The van der Waals surface area contributed by atoms with Gasteiger partial charge < -0.3 is 10.5 Å². The lowest BCUT2D eigenvalue weighted by atomic mass is 10.1. The van der Waals surface area contributed by atoms with Crippen LogP contribution in [0.5, 0.6) is 5.75 Å². The zero-order valence-corrected chi connectivity index (χ0v) is 13.2. The van der Waals surface area contributed by atoms with Gasteiger partial charge in [-0.1, -0.05) is 35.9 Å². The molecule has 2 rings (SSSR count). The lowest BCUT2D eigenvalue weighted by Gasteiger charge is -2.14. The maximum Gasteiger partial charge on any atom is 0.137 e. The quantitative estimate of drug-likeness (QED) is 0.829. The highest BCUT2D eigenvalue weighted by atomic mass is 35.5. The van der Waals surface area contributed by atoms with Crippen molar-refractivity contribution in [3.8, 4) is 5.75 Å². The van der Waals surface area contributed by atoms with Gasteiger partial charge in [-0.3, -0.25) is 0 Å². The molecule has 0 aromatic heterocycles. The lowest BCUT2D eigenvalue weighted by Crippen LogP contribution is -2.13. The summed E-state index contributed by atoms with van der Waals surface area (Å²) in [7, 11) is 1.61. The van der Waals surface area contributed by atoms with E-state index >= 15 is 0 Å². The number of aryl methyl sites for hydroxylation is 1. The van der Waals surface area contributed by atoms with Gasteiger partial charge in [0.25, 0.3) is 0 Å². The zero-order chi connectivity index (χ0) is 14.5. The van der Waals surface area contributed by atoms with E-state index < -0.39 is 0 Å². The molecule has 0 aliphatic heterocycles. The molecule has 20 heavy (non-hydrogen) atoms. The summed E-state index contributed by atoms with van der Waals surface area (Å²) in [4.78, 5) is 1.27. The number of hydrogen-bond donors (Lipinski definition) is 1. The monoisotopic (exact) mass is 307 g/mol. The van der Waals surface area contributed by atoms with Gasteiger partial charge in [0.15, 0.2) is 0 Å². The van der Waals surface area contributed by atoms with Crippen LogP contribution in [-0.4, -0.2) is 12.9 Å². The summed E-state index contributed by atoms with van der Waals surface area (Å²) >= 11 is 7.79. The van der Waals surface area contributed by atoms with E-state index in [1.165, 1.54) is 10.5 Å². The number of ether oxygens (including phenoxy) is 1. The average molecular weight is 308 g/mol. The van der Waals surface area contributed by atoms with Crippen LogP contribution < -0.4 is 10.5 Å². The molecule has 0 saturated heterocycles. The summed E-state index contributed by atoms with van der Waals surface area (Å²) in [5.74, 6) is 1.48. The van der Waals surface area contributed by atoms with Crippen LogP contribution in [-0.2, 0) is 0 Å². The first-order valence-corrected chi connectivity index (χ1v) is 7.75. The molecule has 0 saturated carbocycles. The summed E-state index contributed by atoms with van der Waals surface area (Å²) in [6, 6.07) is 14.0. The molecule has 0 amide bonds. The van der Waals surface area contributed by atoms with Crippen LogP contribution in [0.25, 0.3) is 0 Å². The van der Waals surface area contributed by atoms with Crippen molar-refractivity contribution < 1.29 is 4.74 Å². The normalized spacial score (nSPS) is 12.2. The first-order chi connectivity index (χ1) is 9.61. The van der Waals surface area contributed by atoms with E-state index in [1.807, 2.05) is 30.3 Å². The summed E-state index contributed by atoms with van der Waals surface area (Å²) in [5, 5.41) is 0.606. The van der Waals surface area contributed by atoms with Crippen molar-refractivity contribution in [3.63, 3.8) is 0 Å². The predicted molar refractivity (Wildman–Crippen MR) is 86.8 cm³/mol. The van der Waals surface area contributed by atoms with E-state index in [9.17, 15) is 0 Å².